The molecule has 0 aromatic heterocycles. The molecule has 1 fully saturated rings. The monoisotopic (exact) mass is 306 g/mol. The lowest BCUT2D eigenvalue weighted by molar-refractivity contribution is -0.124. The van der Waals surface area contributed by atoms with Gasteiger partial charge in [-0.2, -0.15) is 0 Å². The van der Waals surface area contributed by atoms with Crippen molar-refractivity contribution in [3.05, 3.63) is 29.8 Å². The Morgan fingerprint density at radius 1 is 1.36 bits per heavy atom. The molecule has 2 rings (SSSR count). The summed E-state index contributed by atoms with van der Waals surface area (Å²) in [6.07, 6.45) is 2.48. The van der Waals surface area contributed by atoms with Gasteiger partial charge in [-0.25, -0.2) is 0 Å². The summed E-state index contributed by atoms with van der Waals surface area (Å²) in [6.45, 7) is 5.05. The first-order chi connectivity index (χ1) is 10.6. The molecule has 1 aliphatic heterocycles. The molecular weight excluding hydrogens is 280 g/mol. The molecule has 22 heavy (non-hydrogen) atoms. The van der Waals surface area contributed by atoms with Crippen LogP contribution in [0.5, 0.6) is 5.75 Å². The molecule has 1 saturated heterocycles. The fraction of sp³-hybridized carbons (Fsp3) is 0.588. The number of amides is 1. The Kier molecular flexibility index (Phi) is 6.21. The second kappa shape index (κ2) is 8.15. The van der Waals surface area contributed by atoms with Gasteiger partial charge in [-0.15, -0.1) is 0 Å². The van der Waals surface area contributed by atoms with Gasteiger partial charge in [-0.1, -0.05) is 18.6 Å². The van der Waals surface area contributed by atoms with E-state index in [1.165, 1.54) is 0 Å². The second-order valence-corrected chi connectivity index (χ2v) is 6.00. The lowest BCUT2D eigenvalue weighted by Gasteiger charge is -2.23. The average Bonchev–Trinajstić information content (AvgIpc) is 2.53. The molecule has 0 bridgehead atoms. The molecule has 2 atom stereocenters. The van der Waals surface area contributed by atoms with E-state index in [9.17, 15) is 9.90 Å². The number of ether oxygens (including phenoxy) is 1. The molecule has 1 amide bonds. The highest BCUT2D eigenvalue weighted by Gasteiger charge is 2.21. The van der Waals surface area contributed by atoms with E-state index in [2.05, 4.69) is 10.6 Å². The number of hydrogen-bond acceptors (Lipinski definition) is 4. The minimum Gasteiger partial charge on any atom is -0.491 e. The Labute approximate surface area is 132 Å². The number of benzene rings is 1. The summed E-state index contributed by atoms with van der Waals surface area (Å²) in [7, 11) is 0. The molecule has 1 aliphatic rings. The van der Waals surface area contributed by atoms with Crippen LogP contribution in [0.3, 0.4) is 0 Å². The standard InChI is InChI=1S/C17H26N2O3/c1-12(2)22-14-8-6-13(7-9-14)16(20)11-19-17(21)15-5-3-4-10-18-15/h6-9,12,15-16,18,20H,3-5,10-11H2,1-2H3,(H,19,21). The predicted molar refractivity (Wildman–Crippen MR) is 85.8 cm³/mol. The van der Waals surface area contributed by atoms with Crippen molar-refractivity contribution >= 4 is 5.91 Å². The average molecular weight is 306 g/mol. The van der Waals surface area contributed by atoms with Crippen molar-refractivity contribution in [2.24, 2.45) is 0 Å². The zero-order chi connectivity index (χ0) is 15.9. The molecule has 5 nitrogen and oxygen atoms in total. The van der Waals surface area contributed by atoms with Crippen molar-refractivity contribution in [3.8, 4) is 5.75 Å². The van der Waals surface area contributed by atoms with E-state index in [1.54, 1.807) is 0 Å². The summed E-state index contributed by atoms with van der Waals surface area (Å²) in [6, 6.07) is 7.20. The van der Waals surface area contributed by atoms with Gasteiger partial charge in [0.15, 0.2) is 0 Å². The van der Waals surface area contributed by atoms with Crippen LogP contribution in [0.15, 0.2) is 24.3 Å². The van der Waals surface area contributed by atoms with Gasteiger partial charge >= 0.3 is 0 Å². The van der Waals surface area contributed by atoms with E-state index in [4.69, 9.17) is 4.74 Å². The van der Waals surface area contributed by atoms with Crippen LogP contribution in [0.2, 0.25) is 0 Å². The topological polar surface area (TPSA) is 70.6 Å². The van der Waals surface area contributed by atoms with Gasteiger partial charge in [0.05, 0.1) is 18.2 Å². The zero-order valence-corrected chi connectivity index (χ0v) is 13.3. The third kappa shape index (κ3) is 5.00. The van der Waals surface area contributed by atoms with E-state index in [0.29, 0.717) is 0 Å². The number of hydrogen-bond donors (Lipinski definition) is 3. The highest BCUT2D eigenvalue weighted by molar-refractivity contribution is 5.81. The van der Waals surface area contributed by atoms with Gasteiger partial charge < -0.3 is 20.5 Å². The quantitative estimate of drug-likeness (QED) is 0.749. The minimum absolute atomic E-state index is 0.0292. The smallest absolute Gasteiger partial charge is 0.237 e. The zero-order valence-electron chi connectivity index (χ0n) is 13.3. The molecule has 1 aromatic rings. The maximum absolute atomic E-state index is 12.0. The molecule has 0 spiro atoms. The van der Waals surface area contributed by atoms with E-state index in [1.807, 2.05) is 38.1 Å². The molecule has 1 aromatic carbocycles. The SMILES string of the molecule is CC(C)Oc1ccc(C(O)CNC(=O)C2CCCCN2)cc1. The van der Waals surface area contributed by atoms with E-state index < -0.39 is 6.10 Å². The summed E-state index contributed by atoms with van der Waals surface area (Å²) in [4.78, 5) is 12.0. The number of nitrogens with one attached hydrogen (secondary N) is 2. The third-order valence-corrected chi connectivity index (χ3v) is 3.73. The number of aliphatic hydroxyl groups excluding tert-OH is 1. The molecule has 5 heteroatoms. The van der Waals surface area contributed by atoms with Crippen LogP contribution >= 0.6 is 0 Å². The summed E-state index contributed by atoms with van der Waals surface area (Å²) in [5.74, 6) is 0.750. The molecule has 0 saturated carbocycles. The summed E-state index contributed by atoms with van der Waals surface area (Å²) in [5, 5.41) is 16.2. The molecular formula is C17H26N2O3. The predicted octanol–water partition coefficient (Wildman–Crippen LogP) is 1.77. The van der Waals surface area contributed by atoms with Crippen LogP contribution in [0, 0.1) is 0 Å². The van der Waals surface area contributed by atoms with Crippen molar-refractivity contribution in [1.82, 2.24) is 10.6 Å². The number of carbonyl (C=O) groups excluding carboxylic acids is 1. The van der Waals surface area contributed by atoms with Crippen molar-refractivity contribution in [1.29, 1.82) is 0 Å². The van der Waals surface area contributed by atoms with E-state index in [0.717, 1.165) is 37.1 Å². The summed E-state index contributed by atoms with van der Waals surface area (Å²) < 4.78 is 5.57. The van der Waals surface area contributed by atoms with Crippen molar-refractivity contribution < 1.29 is 14.6 Å². The van der Waals surface area contributed by atoms with Crippen LogP contribution in [-0.2, 0) is 4.79 Å². The Morgan fingerprint density at radius 2 is 2.09 bits per heavy atom. The van der Waals surface area contributed by atoms with E-state index >= 15 is 0 Å². The highest BCUT2D eigenvalue weighted by atomic mass is 16.5. The molecule has 0 aliphatic carbocycles. The van der Waals surface area contributed by atoms with Crippen LogP contribution in [0.4, 0.5) is 0 Å². The number of carbonyl (C=O) groups is 1. The lowest BCUT2D eigenvalue weighted by atomic mass is 10.0. The number of rotatable bonds is 6. The van der Waals surface area contributed by atoms with Gasteiger partial charge in [0, 0.05) is 6.54 Å². The van der Waals surface area contributed by atoms with Gasteiger partial charge in [-0.05, 0) is 50.9 Å². The van der Waals surface area contributed by atoms with Crippen molar-refractivity contribution in [2.75, 3.05) is 13.1 Å². The maximum atomic E-state index is 12.0. The van der Waals surface area contributed by atoms with Crippen LogP contribution in [0.1, 0.15) is 44.8 Å². The first-order valence-corrected chi connectivity index (χ1v) is 8.02. The third-order valence-electron chi connectivity index (χ3n) is 3.73. The Hall–Kier alpha value is -1.59. The lowest BCUT2D eigenvalue weighted by Crippen LogP contribution is -2.47. The number of aliphatic hydroxyl groups is 1. The summed E-state index contributed by atoms with van der Waals surface area (Å²) >= 11 is 0. The van der Waals surface area contributed by atoms with Crippen LogP contribution in [0.25, 0.3) is 0 Å². The molecule has 122 valence electrons. The molecule has 1 heterocycles. The Morgan fingerprint density at radius 3 is 2.68 bits per heavy atom. The maximum Gasteiger partial charge on any atom is 0.237 e. The normalized spacial score (nSPS) is 19.7. The fourth-order valence-corrected chi connectivity index (χ4v) is 2.55. The highest BCUT2D eigenvalue weighted by Crippen LogP contribution is 2.18. The number of piperidine rings is 1. The van der Waals surface area contributed by atoms with Gasteiger partial charge in [0.25, 0.3) is 0 Å². The molecule has 3 N–H and O–H groups in total. The van der Waals surface area contributed by atoms with Gasteiger partial charge in [-0.3, -0.25) is 4.79 Å². The molecule has 0 radical (unpaired) electrons. The summed E-state index contributed by atoms with van der Waals surface area (Å²) in [5.41, 5.74) is 0.771. The Balaban J connectivity index is 1.81. The van der Waals surface area contributed by atoms with E-state index in [-0.39, 0.29) is 24.6 Å². The Bertz CT molecular complexity index is 467. The van der Waals surface area contributed by atoms with Crippen LogP contribution < -0.4 is 15.4 Å². The first kappa shape index (κ1) is 16.8. The van der Waals surface area contributed by atoms with Crippen molar-refractivity contribution in [3.63, 3.8) is 0 Å². The fourth-order valence-electron chi connectivity index (χ4n) is 2.55. The largest absolute Gasteiger partial charge is 0.491 e. The van der Waals surface area contributed by atoms with Crippen molar-refractivity contribution in [2.45, 2.75) is 51.4 Å². The molecule has 2 unspecified atom stereocenters. The van der Waals surface area contributed by atoms with Gasteiger partial charge in [0.1, 0.15) is 5.75 Å². The second-order valence-electron chi connectivity index (χ2n) is 6.00. The van der Waals surface area contributed by atoms with Gasteiger partial charge in [0.2, 0.25) is 5.91 Å². The minimum atomic E-state index is -0.708. The first-order valence-electron chi connectivity index (χ1n) is 8.02. The van der Waals surface area contributed by atoms with Crippen LogP contribution in [-0.4, -0.2) is 36.2 Å².